The highest BCUT2D eigenvalue weighted by molar-refractivity contribution is 5.78. The minimum absolute atomic E-state index is 0.0181. The molecule has 1 amide bonds. The van der Waals surface area contributed by atoms with Gasteiger partial charge in [0.25, 0.3) is 0 Å². The number of hydrogen-bond donors (Lipinski definition) is 0. The van der Waals surface area contributed by atoms with Crippen LogP contribution in [0.5, 0.6) is 11.5 Å². The Morgan fingerprint density at radius 3 is 2.40 bits per heavy atom. The molecule has 158 valence electrons. The second-order valence-electron chi connectivity index (χ2n) is 8.64. The number of hydrogen-bond acceptors (Lipinski definition) is 4. The normalized spacial score (nSPS) is 20.5. The van der Waals surface area contributed by atoms with Crippen molar-refractivity contribution in [2.45, 2.75) is 44.1 Å². The molecule has 0 radical (unpaired) electrons. The first-order valence-corrected chi connectivity index (χ1v) is 11.2. The maximum Gasteiger partial charge on any atom is 0.231 e. The van der Waals surface area contributed by atoms with Gasteiger partial charge < -0.3 is 19.3 Å². The molecule has 0 aliphatic carbocycles. The zero-order valence-electron chi connectivity index (χ0n) is 17.5. The van der Waals surface area contributed by atoms with Crippen molar-refractivity contribution in [3.8, 4) is 11.5 Å². The molecular formula is C25H30N2O3. The summed E-state index contributed by atoms with van der Waals surface area (Å²) >= 11 is 0. The maximum absolute atomic E-state index is 13.3. The fraction of sp³-hybridized carbons (Fsp3) is 0.480. The van der Waals surface area contributed by atoms with Gasteiger partial charge in [-0.05, 0) is 62.0 Å². The maximum atomic E-state index is 13.3. The monoisotopic (exact) mass is 406 g/mol. The smallest absolute Gasteiger partial charge is 0.231 e. The van der Waals surface area contributed by atoms with Gasteiger partial charge in [0.05, 0.1) is 0 Å². The van der Waals surface area contributed by atoms with E-state index >= 15 is 0 Å². The lowest BCUT2D eigenvalue weighted by atomic mass is 9.87. The minimum Gasteiger partial charge on any atom is -0.454 e. The van der Waals surface area contributed by atoms with Crippen LogP contribution in [-0.2, 0) is 4.79 Å². The van der Waals surface area contributed by atoms with Gasteiger partial charge >= 0.3 is 0 Å². The highest BCUT2D eigenvalue weighted by atomic mass is 16.7. The van der Waals surface area contributed by atoms with E-state index in [-0.39, 0.29) is 18.6 Å². The average Bonchev–Trinajstić information content (AvgIpc) is 3.49. The van der Waals surface area contributed by atoms with Crippen molar-refractivity contribution in [1.82, 2.24) is 9.80 Å². The van der Waals surface area contributed by atoms with Crippen molar-refractivity contribution >= 4 is 5.91 Å². The van der Waals surface area contributed by atoms with Crippen LogP contribution in [0, 0.1) is 0 Å². The largest absolute Gasteiger partial charge is 0.454 e. The van der Waals surface area contributed by atoms with Crippen LogP contribution in [-0.4, -0.2) is 54.7 Å². The summed E-state index contributed by atoms with van der Waals surface area (Å²) in [7, 11) is 0. The van der Waals surface area contributed by atoms with Crippen molar-refractivity contribution in [2.75, 3.05) is 33.0 Å². The van der Waals surface area contributed by atoms with E-state index in [9.17, 15) is 4.79 Å². The first kappa shape index (κ1) is 19.4. The molecule has 0 bridgehead atoms. The number of piperidine rings is 1. The lowest BCUT2D eigenvalue weighted by molar-refractivity contribution is -0.133. The van der Waals surface area contributed by atoms with Crippen LogP contribution in [0.4, 0.5) is 0 Å². The van der Waals surface area contributed by atoms with Crippen LogP contribution in [0.25, 0.3) is 0 Å². The third kappa shape index (κ3) is 4.04. The molecule has 2 aromatic carbocycles. The number of fused-ring (bicyclic) bond motifs is 1. The molecule has 5 rings (SSSR count). The predicted molar refractivity (Wildman–Crippen MR) is 116 cm³/mol. The molecule has 1 unspecified atom stereocenters. The van der Waals surface area contributed by atoms with Gasteiger partial charge in [-0.25, -0.2) is 0 Å². The summed E-state index contributed by atoms with van der Waals surface area (Å²) in [6, 6.07) is 17.1. The van der Waals surface area contributed by atoms with Crippen LogP contribution >= 0.6 is 0 Å². The van der Waals surface area contributed by atoms with Gasteiger partial charge in [-0.2, -0.15) is 0 Å². The van der Waals surface area contributed by atoms with Crippen molar-refractivity contribution in [2.24, 2.45) is 0 Å². The molecular weight excluding hydrogens is 376 g/mol. The zero-order valence-corrected chi connectivity index (χ0v) is 17.5. The first-order valence-electron chi connectivity index (χ1n) is 11.2. The number of carbonyl (C=O) groups excluding carboxylic acids is 1. The van der Waals surface area contributed by atoms with Gasteiger partial charge in [-0.3, -0.25) is 4.79 Å². The molecule has 2 saturated heterocycles. The lowest BCUT2D eigenvalue weighted by Crippen LogP contribution is -2.46. The molecule has 0 N–H and O–H groups in total. The summed E-state index contributed by atoms with van der Waals surface area (Å²) in [5.74, 6) is 1.82. The Bertz CT molecular complexity index is 871. The number of amides is 1. The Morgan fingerprint density at radius 1 is 0.900 bits per heavy atom. The second kappa shape index (κ2) is 8.68. The summed E-state index contributed by atoms with van der Waals surface area (Å²) in [6.45, 7) is 4.49. The number of benzene rings is 2. The number of carbonyl (C=O) groups is 1. The summed E-state index contributed by atoms with van der Waals surface area (Å²) in [5, 5.41) is 0. The van der Waals surface area contributed by atoms with Gasteiger partial charge in [0.15, 0.2) is 11.5 Å². The van der Waals surface area contributed by atoms with E-state index in [2.05, 4.69) is 28.0 Å². The quantitative estimate of drug-likeness (QED) is 0.752. The molecule has 0 saturated carbocycles. The molecule has 1 atom stereocenters. The number of ether oxygens (including phenoxy) is 2. The van der Waals surface area contributed by atoms with Crippen LogP contribution in [0.2, 0.25) is 0 Å². The molecule has 30 heavy (non-hydrogen) atoms. The summed E-state index contributed by atoms with van der Waals surface area (Å²) in [5.41, 5.74) is 2.27. The zero-order chi connectivity index (χ0) is 20.3. The topological polar surface area (TPSA) is 42.0 Å². The van der Waals surface area contributed by atoms with Crippen molar-refractivity contribution in [3.05, 3.63) is 59.7 Å². The molecule has 0 spiro atoms. The summed E-state index contributed by atoms with van der Waals surface area (Å²) < 4.78 is 11.1. The summed E-state index contributed by atoms with van der Waals surface area (Å²) in [6.07, 6.45) is 5.34. The van der Waals surface area contributed by atoms with E-state index in [1.165, 1.54) is 25.9 Å². The second-order valence-corrected chi connectivity index (χ2v) is 8.64. The molecule has 5 nitrogen and oxygen atoms in total. The van der Waals surface area contributed by atoms with E-state index < -0.39 is 0 Å². The number of nitrogens with zero attached hydrogens (tertiary/aromatic N) is 2. The highest BCUT2D eigenvalue weighted by Gasteiger charge is 2.30. The van der Waals surface area contributed by atoms with E-state index in [0.29, 0.717) is 12.5 Å². The van der Waals surface area contributed by atoms with Crippen molar-refractivity contribution in [1.29, 1.82) is 0 Å². The third-order valence-corrected chi connectivity index (χ3v) is 6.85. The van der Waals surface area contributed by atoms with Gasteiger partial charge in [0.1, 0.15) is 0 Å². The van der Waals surface area contributed by atoms with Gasteiger partial charge in [-0.15, -0.1) is 0 Å². The fourth-order valence-electron chi connectivity index (χ4n) is 5.13. The molecule has 0 aromatic heterocycles. The van der Waals surface area contributed by atoms with Gasteiger partial charge in [0.2, 0.25) is 12.7 Å². The van der Waals surface area contributed by atoms with Crippen molar-refractivity contribution < 1.29 is 14.3 Å². The Morgan fingerprint density at radius 2 is 1.63 bits per heavy atom. The van der Waals surface area contributed by atoms with E-state index in [1.54, 1.807) is 0 Å². The van der Waals surface area contributed by atoms with Crippen LogP contribution in [0.3, 0.4) is 0 Å². The summed E-state index contributed by atoms with van der Waals surface area (Å²) in [4.78, 5) is 18.0. The van der Waals surface area contributed by atoms with E-state index in [0.717, 1.165) is 48.6 Å². The molecule has 2 aromatic rings. The van der Waals surface area contributed by atoms with E-state index in [1.807, 2.05) is 30.3 Å². The molecule has 3 aliphatic heterocycles. The Kier molecular flexibility index (Phi) is 5.63. The Balaban J connectivity index is 1.30. The average molecular weight is 407 g/mol. The minimum atomic E-state index is 0.0181. The van der Waals surface area contributed by atoms with E-state index in [4.69, 9.17) is 9.47 Å². The number of likely N-dealkylation sites (tertiary alicyclic amines) is 2. The molecule has 3 heterocycles. The van der Waals surface area contributed by atoms with Crippen LogP contribution in [0.1, 0.15) is 49.1 Å². The Hall–Kier alpha value is -2.53. The fourth-order valence-corrected chi connectivity index (χ4v) is 5.13. The molecule has 5 heteroatoms. The van der Waals surface area contributed by atoms with Crippen molar-refractivity contribution in [3.63, 3.8) is 0 Å². The third-order valence-electron chi connectivity index (χ3n) is 6.85. The standard InChI is InChI=1S/C25H30N2O3/c28-25(27-14-10-21(11-15-27)26-12-4-5-13-26)17-22(19-6-2-1-3-7-19)20-8-9-23-24(16-20)30-18-29-23/h1-3,6-9,16,21-22H,4-5,10-15,17-18H2. The Labute approximate surface area is 178 Å². The molecule has 2 fully saturated rings. The SMILES string of the molecule is O=C(CC(c1ccccc1)c1ccc2c(c1)OCO2)N1CCC(N2CCCC2)CC1. The van der Waals surface area contributed by atoms with Gasteiger partial charge in [-0.1, -0.05) is 36.4 Å². The lowest BCUT2D eigenvalue weighted by Gasteiger charge is -2.37. The number of rotatable bonds is 5. The first-order chi connectivity index (χ1) is 14.8. The van der Waals surface area contributed by atoms with Crippen LogP contribution in [0.15, 0.2) is 48.5 Å². The van der Waals surface area contributed by atoms with Gasteiger partial charge in [0, 0.05) is 31.5 Å². The van der Waals surface area contributed by atoms with Crippen LogP contribution < -0.4 is 9.47 Å². The highest BCUT2D eigenvalue weighted by Crippen LogP contribution is 2.38. The predicted octanol–water partition coefficient (Wildman–Crippen LogP) is 4.02. The molecule has 3 aliphatic rings.